The van der Waals surface area contributed by atoms with Crippen LogP contribution in [-0.4, -0.2) is 39.8 Å². The van der Waals surface area contributed by atoms with E-state index in [-0.39, 0.29) is 11.8 Å². The summed E-state index contributed by atoms with van der Waals surface area (Å²) in [7, 11) is 0. The Labute approximate surface area is 146 Å². The molecule has 0 saturated carbocycles. The van der Waals surface area contributed by atoms with Crippen molar-refractivity contribution >= 4 is 29.0 Å². The molecule has 2 N–H and O–H groups in total. The molecule has 0 atom stereocenters. The SMILES string of the molecule is CC(=O)Nc1cccc(Nc2cnc(C(=O)N3CCCCC3)cn2)c1. The van der Waals surface area contributed by atoms with E-state index in [0.717, 1.165) is 31.6 Å². The van der Waals surface area contributed by atoms with E-state index in [0.29, 0.717) is 17.2 Å². The fraction of sp³-hybridized carbons (Fsp3) is 0.333. The molecule has 0 bridgehead atoms. The third-order valence-electron chi connectivity index (χ3n) is 3.97. The predicted molar refractivity (Wildman–Crippen MR) is 95.8 cm³/mol. The monoisotopic (exact) mass is 339 g/mol. The van der Waals surface area contributed by atoms with Gasteiger partial charge < -0.3 is 15.5 Å². The Balaban J connectivity index is 1.66. The molecule has 7 heteroatoms. The third kappa shape index (κ3) is 4.53. The number of benzene rings is 1. The number of piperidine rings is 1. The molecular weight excluding hydrogens is 318 g/mol. The largest absolute Gasteiger partial charge is 0.339 e. The van der Waals surface area contributed by atoms with Gasteiger partial charge in [-0.15, -0.1) is 0 Å². The van der Waals surface area contributed by atoms with E-state index in [9.17, 15) is 9.59 Å². The van der Waals surface area contributed by atoms with Crippen LogP contribution in [0, 0.1) is 0 Å². The van der Waals surface area contributed by atoms with Crippen molar-refractivity contribution in [2.45, 2.75) is 26.2 Å². The summed E-state index contributed by atoms with van der Waals surface area (Å²) in [4.78, 5) is 33.8. The van der Waals surface area contributed by atoms with Crippen molar-refractivity contribution in [1.82, 2.24) is 14.9 Å². The summed E-state index contributed by atoms with van der Waals surface area (Å²) in [5.74, 6) is 0.346. The van der Waals surface area contributed by atoms with Gasteiger partial charge in [0.15, 0.2) is 0 Å². The molecule has 1 aromatic heterocycles. The Morgan fingerprint density at radius 3 is 2.48 bits per heavy atom. The van der Waals surface area contributed by atoms with Crippen molar-refractivity contribution in [3.05, 3.63) is 42.4 Å². The number of nitrogens with zero attached hydrogens (tertiary/aromatic N) is 3. The van der Waals surface area contributed by atoms with Gasteiger partial charge in [0, 0.05) is 31.4 Å². The standard InChI is InChI=1S/C18H21N5O2/c1-13(24)21-14-6-5-7-15(10-14)22-17-12-19-16(11-20-17)18(25)23-8-3-2-4-9-23/h5-7,10-12H,2-4,8-9H2,1H3,(H,20,22)(H,21,24). The minimum atomic E-state index is -0.127. The minimum Gasteiger partial charge on any atom is -0.339 e. The normalized spacial score (nSPS) is 14.0. The zero-order chi connectivity index (χ0) is 17.6. The first-order valence-electron chi connectivity index (χ1n) is 8.38. The molecule has 1 saturated heterocycles. The molecule has 0 spiro atoms. The van der Waals surface area contributed by atoms with Gasteiger partial charge in [-0.1, -0.05) is 6.07 Å². The van der Waals surface area contributed by atoms with E-state index in [1.807, 2.05) is 17.0 Å². The molecule has 130 valence electrons. The van der Waals surface area contributed by atoms with Crippen LogP contribution in [0.3, 0.4) is 0 Å². The summed E-state index contributed by atoms with van der Waals surface area (Å²) in [5, 5.41) is 5.84. The number of likely N-dealkylation sites (tertiary alicyclic amines) is 1. The van der Waals surface area contributed by atoms with Crippen LogP contribution in [0.2, 0.25) is 0 Å². The summed E-state index contributed by atoms with van der Waals surface area (Å²) in [6.45, 7) is 3.04. The Hall–Kier alpha value is -2.96. The zero-order valence-electron chi connectivity index (χ0n) is 14.2. The second-order valence-electron chi connectivity index (χ2n) is 6.03. The Kier molecular flexibility index (Phi) is 5.23. The molecule has 2 heterocycles. The fourth-order valence-corrected chi connectivity index (χ4v) is 2.79. The summed E-state index contributed by atoms with van der Waals surface area (Å²) in [6.07, 6.45) is 6.31. The number of carbonyl (C=O) groups excluding carboxylic acids is 2. The van der Waals surface area contributed by atoms with Gasteiger partial charge in [0.25, 0.3) is 5.91 Å². The number of hydrogen-bond donors (Lipinski definition) is 2. The maximum atomic E-state index is 12.4. The molecule has 1 fully saturated rings. The molecule has 3 rings (SSSR count). The number of anilines is 3. The zero-order valence-corrected chi connectivity index (χ0v) is 14.2. The van der Waals surface area contributed by atoms with Gasteiger partial charge in [0.2, 0.25) is 5.91 Å². The number of aromatic nitrogens is 2. The molecule has 0 unspecified atom stereocenters. The lowest BCUT2D eigenvalue weighted by atomic mass is 10.1. The van der Waals surface area contributed by atoms with Crippen LogP contribution in [0.5, 0.6) is 0 Å². The molecular formula is C18H21N5O2. The second kappa shape index (κ2) is 7.74. The van der Waals surface area contributed by atoms with Gasteiger partial charge in [-0.2, -0.15) is 0 Å². The Morgan fingerprint density at radius 2 is 1.80 bits per heavy atom. The summed E-state index contributed by atoms with van der Waals surface area (Å²) < 4.78 is 0. The van der Waals surface area contributed by atoms with Crippen molar-refractivity contribution in [3.8, 4) is 0 Å². The van der Waals surface area contributed by atoms with Crippen molar-refractivity contribution < 1.29 is 9.59 Å². The van der Waals surface area contributed by atoms with E-state index in [4.69, 9.17) is 0 Å². The molecule has 7 nitrogen and oxygen atoms in total. The lowest BCUT2D eigenvalue weighted by Crippen LogP contribution is -2.36. The van der Waals surface area contributed by atoms with Gasteiger partial charge in [-0.05, 0) is 37.5 Å². The minimum absolute atomic E-state index is 0.0635. The van der Waals surface area contributed by atoms with E-state index >= 15 is 0 Å². The van der Waals surface area contributed by atoms with E-state index in [1.165, 1.54) is 19.5 Å². The highest BCUT2D eigenvalue weighted by Gasteiger charge is 2.19. The first-order chi connectivity index (χ1) is 12.1. The molecule has 25 heavy (non-hydrogen) atoms. The second-order valence-corrected chi connectivity index (χ2v) is 6.03. The number of carbonyl (C=O) groups is 2. The van der Waals surface area contributed by atoms with Gasteiger partial charge in [0.1, 0.15) is 11.5 Å². The molecule has 1 aliphatic heterocycles. The van der Waals surface area contributed by atoms with Crippen LogP contribution in [0.15, 0.2) is 36.7 Å². The first-order valence-corrected chi connectivity index (χ1v) is 8.38. The average molecular weight is 339 g/mol. The van der Waals surface area contributed by atoms with E-state index < -0.39 is 0 Å². The van der Waals surface area contributed by atoms with Crippen LogP contribution in [0.4, 0.5) is 17.2 Å². The highest BCUT2D eigenvalue weighted by atomic mass is 16.2. The highest BCUT2D eigenvalue weighted by Crippen LogP contribution is 2.19. The molecule has 0 radical (unpaired) electrons. The van der Waals surface area contributed by atoms with Crippen LogP contribution in [-0.2, 0) is 4.79 Å². The van der Waals surface area contributed by atoms with Crippen LogP contribution in [0.1, 0.15) is 36.7 Å². The number of amides is 2. The Bertz CT molecular complexity index is 754. The smallest absolute Gasteiger partial charge is 0.274 e. The van der Waals surface area contributed by atoms with Crippen molar-refractivity contribution in [3.63, 3.8) is 0 Å². The van der Waals surface area contributed by atoms with Crippen molar-refractivity contribution in [2.75, 3.05) is 23.7 Å². The molecule has 1 aromatic carbocycles. The van der Waals surface area contributed by atoms with Gasteiger partial charge in [-0.3, -0.25) is 9.59 Å². The predicted octanol–water partition coefficient (Wildman–Crippen LogP) is 2.80. The van der Waals surface area contributed by atoms with E-state index in [2.05, 4.69) is 20.6 Å². The third-order valence-corrected chi connectivity index (χ3v) is 3.97. The van der Waals surface area contributed by atoms with E-state index in [1.54, 1.807) is 18.3 Å². The number of rotatable bonds is 4. The molecule has 1 aliphatic rings. The topological polar surface area (TPSA) is 87.2 Å². The van der Waals surface area contributed by atoms with Gasteiger partial charge >= 0.3 is 0 Å². The van der Waals surface area contributed by atoms with Crippen LogP contribution >= 0.6 is 0 Å². The lowest BCUT2D eigenvalue weighted by molar-refractivity contribution is -0.114. The van der Waals surface area contributed by atoms with Crippen LogP contribution < -0.4 is 10.6 Å². The maximum absolute atomic E-state index is 12.4. The Morgan fingerprint density at radius 1 is 1.04 bits per heavy atom. The fourth-order valence-electron chi connectivity index (χ4n) is 2.79. The number of nitrogens with one attached hydrogen (secondary N) is 2. The summed E-state index contributed by atoms with van der Waals surface area (Å²) >= 11 is 0. The van der Waals surface area contributed by atoms with Gasteiger partial charge in [-0.25, -0.2) is 9.97 Å². The molecule has 2 aromatic rings. The maximum Gasteiger partial charge on any atom is 0.274 e. The summed E-state index contributed by atoms with van der Waals surface area (Å²) in [6, 6.07) is 7.30. The first kappa shape index (κ1) is 16.9. The number of hydrogen-bond acceptors (Lipinski definition) is 5. The highest BCUT2D eigenvalue weighted by molar-refractivity contribution is 5.92. The average Bonchev–Trinajstić information content (AvgIpc) is 2.62. The van der Waals surface area contributed by atoms with Crippen molar-refractivity contribution in [1.29, 1.82) is 0 Å². The van der Waals surface area contributed by atoms with Crippen molar-refractivity contribution in [2.24, 2.45) is 0 Å². The van der Waals surface area contributed by atoms with Gasteiger partial charge in [0.05, 0.1) is 12.4 Å². The molecule has 2 amide bonds. The molecule has 0 aliphatic carbocycles. The quantitative estimate of drug-likeness (QED) is 0.894. The van der Waals surface area contributed by atoms with Crippen LogP contribution in [0.25, 0.3) is 0 Å². The lowest BCUT2D eigenvalue weighted by Gasteiger charge is -2.26. The summed E-state index contributed by atoms with van der Waals surface area (Å²) in [5.41, 5.74) is 1.83.